The van der Waals surface area contributed by atoms with Crippen molar-refractivity contribution in [2.45, 2.75) is 18.2 Å². The maximum atomic E-state index is 11.7. The Kier molecular flexibility index (Phi) is 5.32. The number of ether oxygens (including phenoxy) is 1. The quantitative estimate of drug-likeness (QED) is 0.596. The first-order valence-corrected chi connectivity index (χ1v) is 6.95. The van der Waals surface area contributed by atoms with Crippen molar-refractivity contribution in [3.8, 4) is 0 Å². The third-order valence-corrected chi connectivity index (χ3v) is 3.60. The van der Waals surface area contributed by atoms with E-state index in [0.29, 0.717) is 19.6 Å². The molecule has 0 fully saturated rings. The highest BCUT2D eigenvalue weighted by molar-refractivity contribution is 7.89. The zero-order valence-electron chi connectivity index (χ0n) is 9.97. The Morgan fingerprint density at radius 1 is 1.56 bits per heavy atom. The molecule has 102 valence electrons. The number of rotatable bonds is 8. The molecule has 0 aromatic carbocycles. The van der Waals surface area contributed by atoms with Gasteiger partial charge >= 0.3 is 5.97 Å². The van der Waals surface area contributed by atoms with E-state index in [1.165, 1.54) is 0 Å². The van der Waals surface area contributed by atoms with Crippen molar-refractivity contribution in [2.75, 3.05) is 19.8 Å². The van der Waals surface area contributed by atoms with Crippen molar-refractivity contribution in [3.63, 3.8) is 0 Å². The van der Waals surface area contributed by atoms with Gasteiger partial charge in [0.2, 0.25) is 10.0 Å². The summed E-state index contributed by atoms with van der Waals surface area (Å²) in [5.74, 6) is -1.20. The predicted molar refractivity (Wildman–Crippen MR) is 64.1 cm³/mol. The lowest BCUT2D eigenvalue weighted by Crippen LogP contribution is -2.25. The van der Waals surface area contributed by atoms with E-state index in [2.05, 4.69) is 9.71 Å². The minimum atomic E-state index is -3.66. The second-order valence-corrected chi connectivity index (χ2v) is 5.27. The minimum absolute atomic E-state index is 0.0868. The SMILES string of the molecule is CCOCCCNS(=O)(=O)c1c[nH]c(C(=O)O)c1. The van der Waals surface area contributed by atoms with E-state index in [9.17, 15) is 13.2 Å². The van der Waals surface area contributed by atoms with Crippen LogP contribution >= 0.6 is 0 Å². The predicted octanol–water partition coefficient (Wildman–Crippen LogP) is 0.418. The lowest BCUT2D eigenvalue weighted by molar-refractivity contribution is 0.0691. The molecule has 1 rings (SSSR count). The van der Waals surface area contributed by atoms with E-state index >= 15 is 0 Å². The lowest BCUT2D eigenvalue weighted by atomic mass is 10.4. The van der Waals surface area contributed by atoms with Crippen molar-refractivity contribution < 1.29 is 23.1 Å². The van der Waals surface area contributed by atoms with Gasteiger partial charge in [0.25, 0.3) is 0 Å². The molecule has 0 aliphatic rings. The molecule has 3 N–H and O–H groups in total. The fourth-order valence-corrected chi connectivity index (χ4v) is 2.33. The summed E-state index contributed by atoms with van der Waals surface area (Å²) in [6.45, 7) is 3.17. The summed E-state index contributed by atoms with van der Waals surface area (Å²) < 4.78 is 30.9. The first kappa shape index (κ1) is 14.7. The van der Waals surface area contributed by atoms with Crippen molar-refractivity contribution in [1.82, 2.24) is 9.71 Å². The molecular formula is C10H16N2O5S. The van der Waals surface area contributed by atoms with Gasteiger partial charge in [0.1, 0.15) is 10.6 Å². The van der Waals surface area contributed by atoms with Crippen LogP contribution in [-0.2, 0) is 14.8 Å². The highest BCUT2D eigenvalue weighted by Gasteiger charge is 2.17. The van der Waals surface area contributed by atoms with Gasteiger partial charge in [-0.05, 0) is 19.4 Å². The molecule has 0 aliphatic carbocycles. The highest BCUT2D eigenvalue weighted by atomic mass is 32.2. The maximum Gasteiger partial charge on any atom is 0.352 e. The van der Waals surface area contributed by atoms with E-state index in [-0.39, 0.29) is 17.1 Å². The van der Waals surface area contributed by atoms with Crippen LogP contribution in [0.5, 0.6) is 0 Å². The summed E-state index contributed by atoms with van der Waals surface area (Å²) in [6, 6.07) is 1.08. The second kappa shape index (κ2) is 6.53. The van der Waals surface area contributed by atoms with Crippen molar-refractivity contribution in [2.24, 2.45) is 0 Å². The molecule has 0 spiro atoms. The average Bonchev–Trinajstić information content (AvgIpc) is 2.78. The largest absolute Gasteiger partial charge is 0.477 e. The van der Waals surface area contributed by atoms with Gasteiger partial charge in [-0.25, -0.2) is 17.9 Å². The number of aromatic carboxylic acids is 1. The van der Waals surface area contributed by atoms with E-state index in [1.807, 2.05) is 6.92 Å². The van der Waals surface area contributed by atoms with Crippen LogP contribution in [0.25, 0.3) is 0 Å². The number of H-pyrrole nitrogens is 1. The first-order chi connectivity index (χ1) is 8.47. The van der Waals surface area contributed by atoms with Crippen LogP contribution in [0.1, 0.15) is 23.8 Å². The van der Waals surface area contributed by atoms with Crippen molar-refractivity contribution >= 4 is 16.0 Å². The van der Waals surface area contributed by atoms with Crippen LogP contribution in [0.3, 0.4) is 0 Å². The van der Waals surface area contributed by atoms with E-state index < -0.39 is 16.0 Å². The molecule has 0 unspecified atom stereocenters. The average molecular weight is 276 g/mol. The number of hydrogen-bond donors (Lipinski definition) is 3. The topological polar surface area (TPSA) is 108 Å². The number of hydrogen-bond acceptors (Lipinski definition) is 4. The van der Waals surface area contributed by atoms with Crippen LogP contribution in [0.15, 0.2) is 17.2 Å². The molecule has 18 heavy (non-hydrogen) atoms. The third-order valence-electron chi connectivity index (χ3n) is 2.16. The van der Waals surface area contributed by atoms with Crippen molar-refractivity contribution in [1.29, 1.82) is 0 Å². The van der Waals surface area contributed by atoms with Gasteiger partial charge in [0, 0.05) is 26.0 Å². The molecule has 0 saturated carbocycles. The maximum absolute atomic E-state index is 11.7. The normalized spacial score (nSPS) is 11.6. The van der Waals surface area contributed by atoms with Gasteiger partial charge < -0.3 is 14.8 Å². The highest BCUT2D eigenvalue weighted by Crippen LogP contribution is 2.10. The molecule has 0 saturated heterocycles. The number of aromatic nitrogens is 1. The molecule has 1 heterocycles. The fourth-order valence-electron chi connectivity index (χ4n) is 1.26. The Hall–Kier alpha value is -1.38. The zero-order chi connectivity index (χ0) is 13.6. The van der Waals surface area contributed by atoms with Gasteiger partial charge in [-0.15, -0.1) is 0 Å². The summed E-state index contributed by atoms with van der Waals surface area (Å²) >= 11 is 0. The minimum Gasteiger partial charge on any atom is -0.477 e. The Morgan fingerprint density at radius 3 is 2.83 bits per heavy atom. The summed E-state index contributed by atoms with van der Waals surface area (Å²) in [5.41, 5.74) is -0.162. The van der Waals surface area contributed by atoms with Crippen LogP contribution in [0.4, 0.5) is 0 Å². The third kappa shape index (κ3) is 4.13. The Bertz CT molecular complexity index is 494. The molecule has 7 nitrogen and oxygen atoms in total. The molecule has 1 aromatic heterocycles. The van der Waals surface area contributed by atoms with Gasteiger partial charge in [-0.1, -0.05) is 0 Å². The van der Waals surface area contributed by atoms with Crippen LogP contribution in [-0.4, -0.2) is 44.2 Å². The Morgan fingerprint density at radius 2 is 2.28 bits per heavy atom. The Labute approximate surface area is 105 Å². The van der Waals surface area contributed by atoms with Crippen LogP contribution in [0, 0.1) is 0 Å². The zero-order valence-corrected chi connectivity index (χ0v) is 10.8. The molecule has 0 radical (unpaired) electrons. The smallest absolute Gasteiger partial charge is 0.352 e. The summed E-state index contributed by atoms with van der Waals surface area (Å²) in [4.78, 5) is 12.9. The molecule has 0 amide bonds. The van der Waals surface area contributed by atoms with Crippen molar-refractivity contribution in [3.05, 3.63) is 18.0 Å². The van der Waals surface area contributed by atoms with Gasteiger partial charge in [-0.2, -0.15) is 0 Å². The summed E-state index contributed by atoms with van der Waals surface area (Å²) in [5, 5.41) is 8.67. The van der Waals surface area contributed by atoms with E-state index in [4.69, 9.17) is 9.84 Å². The standard InChI is InChI=1S/C10H16N2O5S/c1-2-17-5-3-4-12-18(15,16)8-6-9(10(13)14)11-7-8/h6-7,11-12H,2-5H2,1H3,(H,13,14). The lowest BCUT2D eigenvalue weighted by Gasteiger charge is -2.04. The van der Waals surface area contributed by atoms with E-state index in [0.717, 1.165) is 12.3 Å². The number of carbonyl (C=O) groups is 1. The van der Waals surface area contributed by atoms with Gasteiger partial charge in [0.05, 0.1) is 0 Å². The Balaban J connectivity index is 2.54. The van der Waals surface area contributed by atoms with Gasteiger partial charge in [0.15, 0.2) is 0 Å². The molecule has 1 aromatic rings. The number of nitrogens with one attached hydrogen (secondary N) is 2. The molecule has 8 heteroatoms. The number of carboxylic acid groups (broad SMARTS) is 1. The molecule has 0 atom stereocenters. The monoisotopic (exact) mass is 276 g/mol. The van der Waals surface area contributed by atoms with E-state index in [1.54, 1.807) is 0 Å². The number of aromatic amines is 1. The number of sulfonamides is 1. The summed E-state index contributed by atoms with van der Waals surface area (Å²) in [6.07, 6.45) is 1.71. The molecular weight excluding hydrogens is 260 g/mol. The fraction of sp³-hybridized carbons (Fsp3) is 0.500. The number of carboxylic acids is 1. The molecule has 0 aliphatic heterocycles. The van der Waals surface area contributed by atoms with Crippen LogP contribution in [0.2, 0.25) is 0 Å². The first-order valence-electron chi connectivity index (χ1n) is 5.46. The van der Waals surface area contributed by atoms with Crippen LogP contribution < -0.4 is 4.72 Å². The summed E-state index contributed by atoms with van der Waals surface area (Å²) in [7, 11) is -3.66. The molecule has 0 bridgehead atoms. The second-order valence-electron chi connectivity index (χ2n) is 3.50. The van der Waals surface area contributed by atoms with Gasteiger partial charge in [-0.3, -0.25) is 0 Å².